The molecule has 0 atom stereocenters. The van der Waals surface area contributed by atoms with Gasteiger partial charge in [-0.15, -0.1) is 0 Å². The zero-order chi connectivity index (χ0) is 14.9. The van der Waals surface area contributed by atoms with Crippen molar-refractivity contribution in [2.24, 2.45) is 5.73 Å². The van der Waals surface area contributed by atoms with Crippen molar-refractivity contribution in [1.29, 1.82) is 0 Å². The smallest absolute Gasteiger partial charge is 0.119 e. The second-order valence-electron chi connectivity index (χ2n) is 5.75. The van der Waals surface area contributed by atoms with Crippen LogP contribution >= 0.6 is 0 Å². The monoisotopic (exact) mass is 292 g/mol. The van der Waals surface area contributed by atoms with E-state index < -0.39 is 0 Å². The van der Waals surface area contributed by atoms with Gasteiger partial charge in [0.1, 0.15) is 12.4 Å². The van der Waals surface area contributed by atoms with Crippen molar-refractivity contribution in [1.82, 2.24) is 4.90 Å². The summed E-state index contributed by atoms with van der Waals surface area (Å²) in [4.78, 5) is 2.38. The molecular formula is C17H28N2O2. The Kier molecular flexibility index (Phi) is 7.00. The highest BCUT2D eigenvalue weighted by atomic mass is 16.5. The van der Waals surface area contributed by atoms with E-state index in [2.05, 4.69) is 4.90 Å². The topological polar surface area (TPSA) is 58.7 Å². The molecule has 0 unspecified atom stereocenters. The Labute approximate surface area is 127 Å². The van der Waals surface area contributed by atoms with Crippen LogP contribution in [0.2, 0.25) is 0 Å². The summed E-state index contributed by atoms with van der Waals surface area (Å²) in [5, 5.41) is 9.26. The van der Waals surface area contributed by atoms with Gasteiger partial charge >= 0.3 is 0 Å². The minimum Gasteiger partial charge on any atom is -0.492 e. The van der Waals surface area contributed by atoms with Crippen molar-refractivity contribution >= 4 is 0 Å². The molecule has 2 rings (SSSR count). The summed E-state index contributed by atoms with van der Waals surface area (Å²) in [6.45, 7) is 3.04. The third-order valence-corrected chi connectivity index (χ3v) is 4.26. The first-order chi connectivity index (χ1) is 10.3. The minimum absolute atomic E-state index is 0.221. The van der Waals surface area contributed by atoms with E-state index in [0.29, 0.717) is 19.2 Å². The first-order valence-electron chi connectivity index (χ1n) is 8.10. The molecule has 1 aromatic rings. The molecule has 21 heavy (non-hydrogen) atoms. The van der Waals surface area contributed by atoms with Crippen LogP contribution in [0.1, 0.15) is 37.7 Å². The van der Waals surface area contributed by atoms with Crippen molar-refractivity contribution in [2.75, 3.05) is 26.3 Å². The number of aliphatic hydroxyl groups excluding tert-OH is 1. The molecule has 1 fully saturated rings. The molecule has 1 aliphatic rings. The summed E-state index contributed by atoms with van der Waals surface area (Å²) in [6, 6.07) is 8.56. The number of nitrogens with two attached hydrogens (primary N) is 1. The van der Waals surface area contributed by atoms with Gasteiger partial charge in [0.25, 0.3) is 0 Å². The number of ether oxygens (including phenoxy) is 1. The highest BCUT2D eigenvalue weighted by Crippen LogP contribution is 2.22. The van der Waals surface area contributed by atoms with Crippen LogP contribution in [-0.4, -0.2) is 42.4 Å². The molecule has 4 heteroatoms. The SMILES string of the molecule is NCc1cccc(OCCN(CCO)C2CCCCC2)c1. The van der Waals surface area contributed by atoms with Crippen LogP contribution in [0.25, 0.3) is 0 Å². The number of hydrogen-bond acceptors (Lipinski definition) is 4. The Morgan fingerprint density at radius 2 is 2.00 bits per heavy atom. The fraction of sp³-hybridized carbons (Fsp3) is 0.647. The highest BCUT2D eigenvalue weighted by molar-refractivity contribution is 5.28. The third kappa shape index (κ3) is 5.30. The Bertz CT molecular complexity index is 406. The van der Waals surface area contributed by atoms with Gasteiger partial charge in [0.2, 0.25) is 0 Å². The summed E-state index contributed by atoms with van der Waals surface area (Å²) in [7, 11) is 0. The molecule has 0 saturated heterocycles. The first-order valence-corrected chi connectivity index (χ1v) is 8.10. The van der Waals surface area contributed by atoms with E-state index in [4.69, 9.17) is 10.5 Å². The fourth-order valence-corrected chi connectivity index (χ4v) is 3.09. The van der Waals surface area contributed by atoms with Crippen LogP contribution in [0, 0.1) is 0 Å². The van der Waals surface area contributed by atoms with Gasteiger partial charge in [-0.1, -0.05) is 31.4 Å². The fourth-order valence-electron chi connectivity index (χ4n) is 3.09. The van der Waals surface area contributed by atoms with Crippen LogP contribution in [0.4, 0.5) is 0 Å². The number of nitrogens with zero attached hydrogens (tertiary/aromatic N) is 1. The van der Waals surface area contributed by atoms with E-state index in [1.165, 1.54) is 32.1 Å². The normalized spacial score (nSPS) is 16.3. The van der Waals surface area contributed by atoms with Crippen molar-refractivity contribution in [3.8, 4) is 5.75 Å². The Balaban J connectivity index is 1.80. The maximum Gasteiger partial charge on any atom is 0.119 e. The molecule has 0 radical (unpaired) electrons. The maximum atomic E-state index is 9.26. The molecule has 3 N–H and O–H groups in total. The molecule has 0 aromatic heterocycles. The lowest BCUT2D eigenvalue weighted by Gasteiger charge is -2.33. The van der Waals surface area contributed by atoms with E-state index in [1.807, 2.05) is 24.3 Å². The molecule has 0 spiro atoms. The number of rotatable bonds is 8. The molecule has 1 aliphatic carbocycles. The third-order valence-electron chi connectivity index (χ3n) is 4.26. The number of benzene rings is 1. The van der Waals surface area contributed by atoms with Crippen molar-refractivity contribution < 1.29 is 9.84 Å². The summed E-state index contributed by atoms with van der Waals surface area (Å²) >= 11 is 0. The lowest BCUT2D eigenvalue weighted by Crippen LogP contribution is -2.41. The van der Waals surface area contributed by atoms with Gasteiger partial charge in [-0.05, 0) is 30.5 Å². The summed E-state index contributed by atoms with van der Waals surface area (Å²) in [5.74, 6) is 0.880. The molecule has 0 amide bonds. The largest absolute Gasteiger partial charge is 0.492 e. The van der Waals surface area contributed by atoms with E-state index in [0.717, 1.165) is 24.4 Å². The number of aliphatic hydroxyl groups is 1. The van der Waals surface area contributed by atoms with Crippen LogP contribution in [0.5, 0.6) is 5.75 Å². The number of hydrogen-bond donors (Lipinski definition) is 2. The predicted molar refractivity (Wildman–Crippen MR) is 85.4 cm³/mol. The van der Waals surface area contributed by atoms with E-state index in [-0.39, 0.29) is 6.61 Å². The van der Waals surface area contributed by atoms with Crippen molar-refractivity contribution in [2.45, 2.75) is 44.7 Å². The van der Waals surface area contributed by atoms with Gasteiger partial charge in [-0.2, -0.15) is 0 Å². The van der Waals surface area contributed by atoms with E-state index in [9.17, 15) is 5.11 Å². The van der Waals surface area contributed by atoms with Crippen LogP contribution < -0.4 is 10.5 Å². The second kappa shape index (κ2) is 9.03. The van der Waals surface area contributed by atoms with E-state index >= 15 is 0 Å². The summed E-state index contributed by atoms with van der Waals surface area (Å²) < 4.78 is 5.84. The summed E-state index contributed by atoms with van der Waals surface area (Å²) in [6.07, 6.45) is 6.48. The average molecular weight is 292 g/mol. The predicted octanol–water partition coefficient (Wildman–Crippen LogP) is 2.15. The molecule has 0 heterocycles. The van der Waals surface area contributed by atoms with Crippen molar-refractivity contribution in [3.05, 3.63) is 29.8 Å². The molecule has 1 saturated carbocycles. The summed E-state index contributed by atoms with van der Waals surface area (Å²) in [5.41, 5.74) is 6.73. The second-order valence-corrected chi connectivity index (χ2v) is 5.75. The molecule has 118 valence electrons. The van der Waals surface area contributed by atoms with Crippen LogP contribution in [-0.2, 0) is 6.54 Å². The molecule has 0 bridgehead atoms. The molecule has 0 aliphatic heterocycles. The van der Waals surface area contributed by atoms with Gasteiger partial charge in [-0.3, -0.25) is 4.90 Å². The quantitative estimate of drug-likeness (QED) is 0.771. The zero-order valence-electron chi connectivity index (χ0n) is 12.8. The molecule has 1 aromatic carbocycles. The molecule has 4 nitrogen and oxygen atoms in total. The van der Waals surface area contributed by atoms with Crippen LogP contribution in [0.3, 0.4) is 0 Å². The maximum absolute atomic E-state index is 9.26. The van der Waals surface area contributed by atoms with E-state index in [1.54, 1.807) is 0 Å². The lowest BCUT2D eigenvalue weighted by molar-refractivity contribution is 0.106. The van der Waals surface area contributed by atoms with Gasteiger partial charge in [0, 0.05) is 25.7 Å². The van der Waals surface area contributed by atoms with Gasteiger partial charge in [0.15, 0.2) is 0 Å². The lowest BCUT2D eigenvalue weighted by atomic mass is 9.94. The van der Waals surface area contributed by atoms with Gasteiger partial charge in [0.05, 0.1) is 6.61 Å². The Morgan fingerprint density at radius 3 is 2.71 bits per heavy atom. The minimum atomic E-state index is 0.221. The van der Waals surface area contributed by atoms with Gasteiger partial charge < -0.3 is 15.6 Å². The molecular weight excluding hydrogens is 264 g/mol. The standard InChI is InChI=1S/C17H28N2O2/c18-14-15-5-4-8-17(13-15)21-12-10-19(9-11-20)16-6-2-1-3-7-16/h4-5,8,13,16,20H,1-3,6-7,9-12,14,18H2. The van der Waals surface area contributed by atoms with Crippen molar-refractivity contribution in [3.63, 3.8) is 0 Å². The Hall–Kier alpha value is -1.10. The zero-order valence-corrected chi connectivity index (χ0v) is 12.8. The van der Waals surface area contributed by atoms with Gasteiger partial charge in [-0.25, -0.2) is 0 Å². The first kappa shape index (κ1) is 16.3. The average Bonchev–Trinajstić information content (AvgIpc) is 2.55. The van der Waals surface area contributed by atoms with Crippen LogP contribution in [0.15, 0.2) is 24.3 Å². The highest BCUT2D eigenvalue weighted by Gasteiger charge is 2.20. The Morgan fingerprint density at radius 1 is 1.19 bits per heavy atom.